The van der Waals surface area contributed by atoms with Gasteiger partial charge in [0.25, 0.3) is 5.91 Å². The van der Waals surface area contributed by atoms with Crippen molar-refractivity contribution >= 4 is 22.7 Å². The number of hydrogen-bond donors (Lipinski definition) is 2. The van der Waals surface area contributed by atoms with E-state index < -0.39 is 29.3 Å². The molecule has 1 aliphatic heterocycles. The first-order valence-electron chi connectivity index (χ1n) is 10.5. The van der Waals surface area contributed by atoms with Crippen molar-refractivity contribution in [3.8, 4) is 11.5 Å². The van der Waals surface area contributed by atoms with Crippen LogP contribution in [0.4, 0.5) is 13.2 Å². The van der Waals surface area contributed by atoms with E-state index in [1.54, 1.807) is 0 Å². The molecule has 1 fully saturated rings. The van der Waals surface area contributed by atoms with Gasteiger partial charge in [-0.1, -0.05) is 0 Å². The molecule has 2 amide bonds. The first kappa shape index (κ1) is 22.6. The predicted octanol–water partition coefficient (Wildman–Crippen LogP) is 3.86. The van der Waals surface area contributed by atoms with Gasteiger partial charge in [0.1, 0.15) is 23.3 Å². The molecule has 0 saturated carbocycles. The Morgan fingerprint density at radius 1 is 1.27 bits per heavy atom. The van der Waals surface area contributed by atoms with Crippen molar-refractivity contribution in [1.82, 2.24) is 20.4 Å². The van der Waals surface area contributed by atoms with Gasteiger partial charge in [0, 0.05) is 18.0 Å². The van der Waals surface area contributed by atoms with Crippen LogP contribution in [0.1, 0.15) is 37.0 Å². The molecule has 1 aromatic heterocycles. The van der Waals surface area contributed by atoms with Gasteiger partial charge in [-0.25, -0.2) is 13.2 Å². The lowest BCUT2D eigenvalue weighted by atomic mass is 10.1. The maximum absolute atomic E-state index is 14.3. The summed E-state index contributed by atoms with van der Waals surface area (Å²) >= 11 is 0. The third kappa shape index (κ3) is 5.10. The van der Waals surface area contributed by atoms with Crippen LogP contribution in [0.25, 0.3) is 10.9 Å². The van der Waals surface area contributed by atoms with Crippen LogP contribution < -0.4 is 15.4 Å². The number of carbonyl (C=O) groups excluding carboxylic acids is 2. The smallest absolute Gasteiger partial charge is 0.255 e. The molecule has 1 saturated heterocycles. The number of benzene rings is 2. The third-order valence-corrected chi connectivity index (χ3v) is 5.22. The Hall–Kier alpha value is -3.56. The van der Waals surface area contributed by atoms with Gasteiger partial charge in [-0.3, -0.25) is 14.3 Å². The lowest BCUT2D eigenvalue weighted by molar-refractivity contribution is -0.124. The first-order valence-corrected chi connectivity index (χ1v) is 10.5. The molecule has 0 aliphatic carbocycles. The van der Waals surface area contributed by atoms with E-state index in [1.165, 1.54) is 36.9 Å². The van der Waals surface area contributed by atoms with E-state index in [0.717, 1.165) is 12.1 Å². The van der Waals surface area contributed by atoms with Gasteiger partial charge < -0.3 is 15.4 Å². The molecule has 0 bridgehead atoms. The Morgan fingerprint density at radius 2 is 2.06 bits per heavy atom. The number of halogens is 3. The van der Waals surface area contributed by atoms with E-state index in [2.05, 4.69) is 15.7 Å². The Morgan fingerprint density at radius 3 is 2.76 bits per heavy atom. The minimum atomic E-state index is -1.56. The zero-order valence-corrected chi connectivity index (χ0v) is 18.1. The van der Waals surface area contributed by atoms with Crippen molar-refractivity contribution in [1.29, 1.82) is 0 Å². The van der Waals surface area contributed by atoms with Crippen LogP contribution in [0.3, 0.4) is 0 Å². The highest BCUT2D eigenvalue weighted by Gasteiger charge is 2.27. The van der Waals surface area contributed by atoms with Crippen LogP contribution in [0.2, 0.25) is 0 Å². The largest absolute Gasteiger partial charge is 0.453 e. The maximum Gasteiger partial charge on any atom is 0.255 e. The SMILES string of the molecule is CC(C)(F)Cn1ncc2cc(Oc3ccc(F)cc3F)c(C(=O)N[C@H]3CCCNC3=O)cc21. The summed E-state index contributed by atoms with van der Waals surface area (Å²) < 4.78 is 48.8. The van der Waals surface area contributed by atoms with E-state index >= 15 is 0 Å². The van der Waals surface area contributed by atoms with Gasteiger partial charge in [-0.2, -0.15) is 5.10 Å². The zero-order valence-electron chi connectivity index (χ0n) is 18.1. The van der Waals surface area contributed by atoms with Gasteiger partial charge in [0.2, 0.25) is 5.91 Å². The Balaban J connectivity index is 1.75. The molecule has 0 radical (unpaired) electrons. The molecule has 1 atom stereocenters. The van der Waals surface area contributed by atoms with Crippen molar-refractivity contribution < 1.29 is 27.5 Å². The molecule has 4 rings (SSSR count). The van der Waals surface area contributed by atoms with Gasteiger partial charge in [0.15, 0.2) is 11.6 Å². The van der Waals surface area contributed by atoms with Crippen molar-refractivity contribution in [2.75, 3.05) is 6.54 Å². The van der Waals surface area contributed by atoms with Crippen molar-refractivity contribution in [2.24, 2.45) is 0 Å². The van der Waals surface area contributed by atoms with Gasteiger partial charge in [0.05, 0.1) is 23.8 Å². The number of fused-ring (bicyclic) bond motifs is 1. The Labute approximate surface area is 187 Å². The molecular formula is C23H23F3N4O3. The van der Waals surface area contributed by atoms with E-state index in [1.807, 2.05) is 0 Å². The predicted molar refractivity (Wildman–Crippen MR) is 115 cm³/mol. The molecule has 2 N–H and O–H groups in total. The number of ether oxygens (including phenoxy) is 1. The first-order chi connectivity index (χ1) is 15.6. The Kier molecular flexibility index (Phi) is 6.01. The number of nitrogens with zero attached hydrogens (tertiary/aromatic N) is 2. The number of carbonyl (C=O) groups is 2. The fourth-order valence-electron chi connectivity index (χ4n) is 3.67. The lowest BCUT2D eigenvalue weighted by Crippen LogP contribution is -2.50. The van der Waals surface area contributed by atoms with Gasteiger partial charge in [-0.05, 0) is 51.0 Å². The van der Waals surface area contributed by atoms with Gasteiger partial charge >= 0.3 is 0 Å². The summed E-state index contributed by atoms with van der Waals surface area (Å²) in [6.45, 7) is 3.29. The summed E-state index contributed by atoms with van der Waals surface area (Å²) in [6, 6.07) is 5.02. The standard InChI is InChI=1S/C23H23F3N4O3/c1-23(2,26)12-30-18-10-15(21(31)29-17-4-3-7-27-22(17)32)20(8-13(18)11-28-30)33-19-6-5-14(24)9-16(19)25/h5-6,8-11,17H,3-4,7,12H2,1-2H3,(H,27,32)(H,29,31)/t17-/m0/s1. The number of aromatic nitrogens is 2. The molecule has 2 aromatic carbocycles. The zero-order chi connectivity index (χ0) is 23.8. The summed E-state index contributed by atoms with van der Waals surface area (Å²) in [5.74, 6) is -2.93. The van der Waals surface area contributed by atoms with E-state index in [-0.39, 0.29) is 29.5 Å². The summed E-state index contributed by atoms with van der Waals surface area (Å²) in [5, 5.41) is 10.1. The highest BCUT2D eigenvalue weighted by atomic mass is 19.1. The monoisotopic (exact) mass is 460 g/mol. The Bertz CT molecular complexity index is 1220. The van der Waals surface area contributed by atoms with Crippen LogP contribution in [0.5, 0.6) is 11.5 Å². The fraction of sp³-hybridized carbons (Fsp3) is 0.348. The summed E-state index contributed by atoms with van der Waals surface area (Å²) in [7, 11) is 0. The molecule has 174 valence electrons. The molecule has 0 unspecified atom stereocenters. The number of nitrogens with one attached hydrogen (secondary N) is 2. The molecule has 7 nitrogen and oxygen atoms in total. The van der Waals surface area contributed by atoms with Crippen LogP contribution in [-0.4, -0.2) is 39.9 Å². The average molecular weight is 460 g/mol. The number of alkyl halides is 1. The van der Waals surface area contributed by atoms with Crippen LogP contribution in [0, 0.1) is 11.6 Å². The van der Waals surface area contributed by atoms with E-state index in [0.29, 0.717) is 36.4 Å². The molecule has 33 heavy (non-hydrogen) atoms. The number of rotatable bonds is 6. The second kappa shape index (κ2) is 8.76. The van der Waals surface area contributed by atoms with Crippen LogP contribution in [-0.2, 0) is 11.3 Å². The normalized spacial score (nSPS) is 16.5. The fourth-order valence-corrected chi connectivity index (χ4v) is 3.67. The van der Waals surface area contributed by atoms with Crippen molar-refractivity contribution in [2.45, 2.75) is 44.9 Å². The molecule has 2 heterocycles. The van der Waals surface area contributed by atoms with E-state index in [9.17, 15) is 22.8 Å². The number of hydrogen-bond acceptors (Lipinski definition) is 4. The minimum absolute atomic E-state index is 0.00279. The molecule has 10 heteroatoms. The van der Waals surface area contributed by atoms with Crippen LogP contribution >= 0.6 is 0 Å². The quantitative estimate of drug-likeness (QED) is 0.585. The number of piperidine rings is 1. The van der Waals surface area contributed by atoms with Crippen LogP contribution in [0.15, 0.2) is 36.5 Å². The lowest BCUT2D eigenvalue weighted by Gasteiger charge is -2.23. The molecule has 3 aromatic rings. The summed E-state index contributed by atoms with van der Waals surface area (Å²) in [5.41, 5.74) is -1.09. The minimum Gasteiger partial charge on any atom is -0.453 e. The second-order valence-corrected chi connectivity index (χ2v) is 8.56. The maximum atomic E-state index is 14.3. The molecule has 0 spiro atoms. The molecular weight excluding hydrogens is 437 g/mol. The summed E-state index contributed by atoms with van der Waals surface area (Å²) in [6.07, 6.45) is 2.65. The number of amides is 2. The van der Waals surface area contributed by atoms with Gasteiger partial charge in [-0.15, -0.1) is 0 Å². The van der Waals surface area contributed by atoms with E-state index in [4.69, 9.17) is 4.74 Å². The second-order valence-electron chi connectivity index (χ2n) is 8.56. The van der Waals surface area contributed by atoms with Crippen molar-refractivity contribution in [3.63, 3.8) is 0 Å². The summed E-state index contributed by atoms with van der Waals surface area (Å²) in [4.78, 5) is 25.2. The topological polar surface area (TPSA) is 85.2 Å². The molecule has 1 aliphatic rings. The average Bonchev–Trinajstić information content (AvgIpc) is 3.11. The highest BCUT2D eigenvalue weighted by Crippen LogP contribution is 2.32. The third-order valence-electron chi connectivity index (χ3n) is 5.22. The van der Waals surface area contributed by atoms with Crippen molar-refractivity contribution in [3.05, 3.63) is 53.7 Å². The highest BCUT2D eigenvalue weighted by molar-refractivity contribution is 6.03.